The second kappa shape index (κ2) is 8.17. The van der Waals surface area contributed by atoms with E-state index in [0.29, 0.717) is 12.5 Å². The van der Waals surface area contributed by atoms with Crippen LogP contribution in [-0.2, 0) is 16.1 Å². The first-order chi connectivity index (χ1) is 9.02. The molecule has 1 aromatic carbocycles. The zero-order valence-electron chi connectivity index (χ0n) is 11.5. The fourth-order valence-electron chi connectivity index (χ4n) is 1.52. The van der Waals surface area contributed by atoms with Crippen LogP contribution in [0.3, 0.4) is 0 Å². The summed E-state index contributed by atoms with van der Waals surface area (Å²) in [6.07, 6.45) is 0. The average Bonchev–Trinajstić information content (AvgIpc) is 2.37. The van der Waals surface area contributed by atoms with E-state index in [-0.39, 0.29) is 17.5 Å². The zero-order chi connectivity index (χ0) is 14.3. The van der Waals surface area contributed by atoms with Crippen molar-refractivity contribution in [3.8, 4) is 0 Å². The number of carbonyl (C=O) groups is 1. The van der Waals surface area contributed by atoms with Crippen LogP contribution in [0.15, 0.2) is 23.1 Å². The van der Waals surface area contributed by atoms with Crippen molar-refractivity contribution >= 4 is 17.7 Å². The maximum atomic E-state index is 13.3. The number of esters is 1. The lowest BCUT2D eigenvalue weighted by Crippen LogP contribution is -2.19. The van der Waals surface area contributed by atoms with Crippen LogP contribution in [0.4, 0.5) is 4.39 Å². The van der Waals surface area contributed by atoms with Crippen LogP contribution in [0.5, 0.6) is 0 Å². The van der Waals surface area contributed by atoms with Gasteiger partial charge in [-0.1, -0.05) is 13.8 Å². The van der Waals surface area contributed by atoms with E-state index < -0.39 is 0 Å². The SMILES string of the molecule is COC(=O)CSc1ccc(F)cc1CNCC(C)C. The van der Waals surface area contributed by atoms with E-state index in [9.17, 15) is 9.18 Å². The molecule has 5 heteroatoms. The summed E-state index contributed by atoms with van der Waals surface area (Å²) in [5.41, 5.74) is 0.870. The lowest BCUT2D eigenvalue weighted by molar-refractivity contribution is -0.137. The Morgan fingerprint density at radius 3 is 2.84 bits per heavy atom. The van der Waals surface area contributed by atoms with Crippen LogP contribution < -0.4 is 5.32 Å². The van der Waals surface area contributed by atoms with Gasteiger partial charge in [-0.3, -0.25) is 4.79 Å². The van der Waals surface area contributed by atoms with E-state index in [0.717, 1.165) is 17.0 Å². The van der Waals surface area contributed by atoms with E-state index in [2.05, 4.69) is 23.9 Å². The maximum absolute atomic E-state index is 13.3. The summed E-state index contributed by atoms with van der Waals surface area (Å²) in [7, 11) is 1.36. The predicted molar refractivity (Wildman–Crippen MR) is 75.7 cm³/mol. The molecule has 0 atom stereocenters. The summed E-state index contributed by atoms with van der Waals surface area (Å²) in [4.78, 5) is 12.0. The van der Waals surface area contributed by atoms with Gasteiger partial charge in [0.1, 0.15) is 5.82 Å². The molecule has 0 unspecified atom stereocenters. The molecule has 0 fully saturated rings. The Morgan fingerprint density at radius 2 is 2.21 bits per heavy atom. The van der Waals surface area contributed by atoms with Crippen molar-refractivity contribution < 1.29 is 13.9 Å². The second-order valence-electron chi connectivity index (χ2n) is 4.64. The molecule has 0 aliphatic carbocycles. The molecule has 0 aliphatic rings. The molecule has 1 aromatic rings. The Hall–Kier alpha value is -1.07. The topological polar surface area (TPSA) is 38.3 Å². The van der Waals surface area contributed by atoms with Gasteiger partial charge in [-0.05, 0) is 36.2 Å². The molecule has 0 radical (unpaired) electrons. The fraction of sp³-hybridized carbons (Fsp3) is 0.500. The van der Waals surface area contributed by atoms with Crippen LogP contribution in [0.25, 0.3) is 0 Å². The van der Waals surface area contributed by atoms with E-state index in [4.69, 9.17) is 0 Å². The lowest BCUT2D eigenvalue weighted by atomic mass is 10.2. The molecule has 1 rings (SSSR count). The fourth-order valence-corrected chi connectivity index (χ4v) is 2.39. The van der Waals surface area contributed by atoms with Crippen molar-refractivity contribution in [1.82, 2.24) is 5.32 Å². The summed E-state index contributed by atoms with van der Waals surface area (Å²) in [5, 5.41) is 3.27. The van der Waals surface area contributed by atoms with Gasteiger partial charge < -0.3 is 10.1 Å². The van der Waals surface area contributed by atoms with Crippen molar-refractivity contribution in [2.75, 3.05) is 19.4 Å². The number of carbonyl (C=O) groups excluding carboxylic acids is 1. The number of halogens is 1. The number of hydrogen-bond donors (Lipinski definition) is 1. The van der Waals surface area contributed by atoms with Gasteiger partial charge in [0.25, 0.3) is 0 Å². The minimum absolute atomic E-state index is 0.235. The number of methoxy groups -OCH3 is 1. The van der Waals surface area contributed by atoms with Gasteiger partial charge in [-0.15, -0.1) is 11.8 Å². The van der Waals surface area contributed by atoms with Crippen LogP contribution >= 0.6 is 11.8 Å². The molecule has 0 aliphatic heterocycles. The molecule has 0 spiro atoms. The summed E-state index contributed by atoms with van der Waals surface area (Å²) in [5.74, 6) is 0.234. The summed E-state index contributed by atoms with van der Waals surface area (Å²) >= 11 is 1.37. The summed E-state index contributed by atoms with van der Waals surface area (Å²) in [6, 6.07) is 4.62. The molecular weight excluding hydrogens is 265 g/mol. The van der Waals surface area contributed by atoms with Crippen molar-refractivity contribution in [3.63, 3.8) is 0 Å². The van der Waals surface area contributed by atoms with E-state index in [1.807, 2.05) is 0 Å². The number of rotatable bonds is 7. The van der Waals surface area contributed by atoms with Gasteiger partial charge in [-0.25, -0.2) is 4.39 Å². The highest BCUT2D eigenvalue weighted by molar-refractivity contribution is 8.00. The number of nitrogens with one attached hydrogen (secondary N) is 1. The molecular formula is C14H20FNO2S. The first-order valence-electron chi connectivity index (χ1n) is 6.21. The van der Waals surface area contributed by atoms with Crippen LogP contribution in [0, 0.1) is 11.7 Å². The maximum Gasteiger partial charge on any atom is 0.315 e. The van der Waals surface area contributed by atoms with Crippen LogP contribution in [0.2, 0.25) is 0 Å². The first kappa shape index (κ1) is 16.0. The van der Waals surface area contributed by atoms with Crippen LogP contribution in [0.1, 0.15) is 19.4 Å². The molecule has 1 N–H and O–H groups in total. The Balaban J connectivity index is 2.65. The molecule has 106 valence electrons. The van der Waals surface area contributed by atoms with Gasteiger partial charge in [0, 0.05) is 11.4 Å². The van der Waals surface area contributed by atoms with Gasteiger partial charge in [0.05, 0.1) is 12.9 Å². The van der Waals surface area contributed by atoms with Crippen molar-refractivity contribution in [2.45, 2.75) is 25.3 Å². The standard InChI is InChI=1S/C14H20FNO2S/c1-10(2)7-16-8-11-6-12(15)4-5-13(11)19-9-14(17)18-3/h4-6,10,16H,7-9H2,1-3H3. The number of hydrogen-bond acceptors (Lipinski definition) is 4. The summed E-state index contributed by atoms with van der Waals surface area (Å²) < 4.78 is 17.9. The van der Waals surface area contributed by atoms with E-state index in [1.54, 1.807) is 6.07 Å². The third-order valence-corrected chi connectivity index (χ3v) is 3.55. The molecule has 0 aromatic heterocycles. The highest BCUT2D eigenvalue weighted by Crippen LogP contribution is 2.23. The Kier molecular flexibility index (Phi) is 6.87. The Morgan fingerprint density at radius 1 is 1.47 bits per heavy atom. The number of ether oxygens (including phenoxy) is 1. The van der Waals surface area contributed by atoms with Gasteiger partial charge in [-0.2, -0.15) is 0 Å². The normalized spacial score (nSPS) is 10.8. The molecule has 0 saturated heterocycles. The van der Waals surface area contributed by atoms with Crippen molar-refractivity contribution in [2.24, 2.45) is 5.92 Å². The molecule has 0 heterocycles. The molecule has 0 bridgehead atoms. The largest absolute Gasteiger partial charge is 0.468 e. The predicted octanol–water partition coefficient (Wildman–Crippen LogP) is 2.84. The minimum Gasteiger partial charge on any atom is -0.468 e. The third-order valence-electron chi connectivity index (χ3n) is 2.46. The first-order valence-corrected chi connectivity index (χ1v) is 7.20. The zero-order valence-corrected chi connectivity index (χ0v) is 12.3. The molecule has 3 nitrogen and oxygen atoms in total. The Labute approximate surface area is 117 Å². The van der Waals surface area contributed by atoms with Gasteiger partial charge in [0.2, 0.25) is 0 Å². The highest BCUT2D eigenvalue weighted by atomic mass is 32.2. The minimum atomic E-state index is -0.282. The molecule has 0 amide bonds. The van der Waals surface area contributed by atoms with Crippen molar-refractivity contribution in [1.29, 1.82) is 0 Å². The van der Waals surface area contributed by atoms with E-state index in [1.165, 1.54) is 31.0 Å². The van der Waals surface area contributed by atoms with Crippen molar-refractivity contribution in [3.05, 3.63) is 29.6 Å². The quantitative estimate of drug-likeness (QED) is 0.617. The molecule has 0 saturated carbocycles. The number of benzene rings is 1. The van der Waals surface area contributed by atoms with Crippen LogP contribution in [-0.4, -0.2) is 25.4 Å². The smallest absolute Gasteiger partial charge is 0.315 e. The van der Waals surface area contributed by atoms with Gasteiger partial charge >= 0.3 is 5.97 Å². The summed E-state index contributed by atoms with van der Waals surface area (Å²) in [6.45, 7) is 5.70. The Bertz CT molecular complexity index is 424. The lowest BCUT2D eigenvalue weighted by Gasteiger charge is -2.11. The number of thioether (sulfide) groups is 1. The second-order valence-corrected chi connectivity index (χ2v) is 5.66. The third kappa shape index (κ3) is 6.07. The van der Waals surface area contributed by atoms with Gasteiger partial charge in [0.15, 0.2) is 0 Å². The monoisotopic (exact) mass is 285 g/mol. The molecule has 19 heavy (non-hydrogen) atoms. The highest BCUT2D eigenvalue weighted by Gasteiger charge is 2.08. The average molecular weight is 285 g/mol. The van der Waals surface area contributed by atoms with E-state index >= 15 is 0 Å².